The van der Waals surface area contributed by atoms with Gasteiger partial charge < -0.3 is 14.3 Å². The summed E-state index contributed by atoms with van der Waals surface area (Å²) in [6, 6.07) is -0.200. The van der Waals surface area contributed by atoms with E-state index in [4.69, 9.17) is 9.16 Å². The number of nitrogens with zero attached hydrogens (tertiary/aromatic N) is 1. The van der Waals surface area contributed by atoms with Crippen molar-refractivity contribution in [3.63, 3.8) is 0 Å². The predicted octanol–water partition coefficient (Wildman–Crippen LogP) is 3.16. The average molecular weight is 330 g/mol. The van der Waals surface area contributed by atoms with Crippen LogP contribution >= 0.6 is 0 Å². The van der Waals surface area contributed by atoms with Crippen molar-refractivity contribution in [2.75, 3.05) is 19.8 Å². The second-order valence-electron chi connectivity index (χ2n) is 7.41. The van der Waals surface area contributed by atoms with Crippen LogP contribution in [0.5, 0.6) is 0 Å². The first-order valence-electron chi connectivity index (χ1n) is 7.95. The van der Waals surface area contributed by atoms with Crippen LogP contribution in [-0.4, -0.2) is 56.3 Å². The van der Waals surface area contributed by atoms with Crippen molar-refractivity contribution in [3.8, 4) is 0 Å². The molecule has 1 aliphatic heterocycles. The topological polar surface area (TPSA) is 59.0 Å². The Kier molecular flexibility index (Phi) is 6.64. The van der Waals surface area contributed by atoms with Crippen LogP contribution in [0.3, 0.4) is 0 Å². The Labute approximate surface area is 135 Å². The first kappa shape index (κ1) is 19.2. The lowest BCUT2D eigenvalue weighted by Gasteiger charge is -2.38. The molecule has 22 heavy (non-hydrogen) atoms. The highest BCUT2D eigenvalue weighted by Gasteiger charge is 2.41. The maximum absolute atomic E-state index is 12.2. The van der Waals surface area contributed by atoms with Crippen LogP contribution in [0.4, 0.5) is 4.79 Å². The van der Waals surface area contributed by atoms with Gasteiger partial charge in [0.15, 0.2) is 8.32 Å². The van der Waals surface area contributed by atoms with Gasteiger partial charge >= 0.3 is 6.09 Å². The third kappa shape index (κ3) is 4.57. The van der Waals surface area contributed by atoms with E-state index in [-0.39, 0.29) is 36.4 Å². The molecule has 2 atom stereocenters. The molecule has 0 saturated carbocycles. The van der Waals surface area contributed by atoms with Gasteiger partial charge in [-0.3, -0.25) is 4.90 Å². The smallest absolute Gasteiger partial charge is 0.410 e. The van der Waals surface area contributed by atoms with Crippen molar-refractivity contribution in [3.05, 3.63) is 12.7 Å². The van der Waals surface area contributed by atoms with Crippen LogP contribution in [0.1, 0.15) is 33.6 Å². The molecule has 0 radical (unpaired) electrons. The minimum Gasteiger partial charge on any atom is -0.445 e. The average Bonchev–Trinajstić information content (AvgIpc) is 2.84. The molecule has 5 nitrogen and oxygen atoms in total. The third-order valence-electron chi connectivity index (χ3n) is 4.81. The highest BCUT2D eigenvalue weighted by Crippen LogP contribution is 2.37. The third-order valence-corrected chi connectivity index (χ3v) is 9.31. The number of carbonyl (C=O) groups is 1. The highest BCUT2D eigenvalue weighted by atomic mass is 28.4. The van der Waals surface area contributed by atoms with Gasteiger partial charge in [-0.05, 0) is 31.0 Å². The van der Waals surface area contributed by atoms with E-state index in [1.54, 1.807) is 11.0 Å². The van der Waals surface area contributed by atoms with Crippen molar-refractivity contribution in [1.82, 2.24) is 4.90 Å². The summed E-state index contributed by atoms with van der Waals surface area (Å²) >= 11 is 0. The van der Waals surface area contributed by atoms with E-state index in [0.717, 1.165) is 12.8 Å². The van der Waals surface area contributed by atoms with Crippen molar-refractivity contribution in [2.24, 2.45) is 0 Å². The standard InChI is InChI=1S/C16H31NO4Si/c1-7-10-20-15(19)17-13(11-18)8-9-14(17)12-21-22(5,6)16(2,3)4/h7,13-14,18H,1,8-12H2,2-6H3. The number of amides is 1. The van der Waals surface area contributed by atoms with Gasteiger partial charge in [-0.2, -0.15) is 0 Å². The first-order chi connectivity index (χ1) is 10.1. The fourth-order valence-electron chi connectivity index (χ4n) is 2.33. The van der Waals surface area contributed by atoms with Crippen LogP contribution < -0.4 is 0 Å². The van der Waals surface area contributed by atoms with Gasteiger partial charge in [-0.1, -0.05) is 33.4 Å². The Balaban J connectivity index is 2.71. The molecule has 1 aliphatic rings. The SMILES string of the molecule is C=CCOC(=O)N1C(CO)CCC1CO[Si](C)(C)C(C)(C)C. The summed E-state index contributed by atoms with van der Waals surface area (Å²) in [4.78, 5) is 13.9. The van der Waals surface area contributed by atoms with Crippen molar-refractivity contribution in [2.45, 2.75) is 63.8 Å². The summed E-state index contributed by atoms with van der Waals surface area (Å²) in [6.45, 7) is 15.2. The number of aliphatic hydroxyl groups excluding tert-OH is 1. The Hall–Kier alpha value is -0.853. The van der Waals surface area contributed by atoms with E-state index in [0.29, 0.717) is 6.61 Å². The summed E-state index contributed by atoms with van der Waals surface area (Å²) in [5, 5.41) is 9.62. The van der Waals surface area contributed by atoms with Crippen LogP contribution in [0.25, 0.3) is 0 Å². The molecule has 0 bridgehead atoms. The second kappa shape index (κ2) is 7.61. The quantitative estimate of drug-likeness (QED) is 0.601. The van der Waals surface area contributed by atoms with Crippen LogP contribution in [-0.2, 0) is 9.16 Å². The Morgan fingerprint density at radius 3 is 2.45 bits per heavy atom. The number of aliphatic hydroxyl groups is 1. The lowest BCUT2D eigenvalue weighted by atomic mass is 10.2. The Morgan fingerprint density at radius 1 is 1.36 bits per heavy atom. The number of hydrogen-bond acceptors (Lipinski definition) is 4. The number of ether oxygens (including phenoxy) is 1. The van der Waals surface area contributed by atoms with Gasteiger partial charge in [-0.15, -0.1) is 0 Å². The van der Waals surface area contributed by atoms with Gasteiger partial charge in [0.05, 0.1) is 25.3 Å². The fourth-order valence-corrected chi connectivity index (χ4v) is 3.37. The minimum absolute atomic E-state index is 0.0245. The summed E-state index contributed by atoms with van der Waals surface area (Å²) in [6.07, 6.45) is 2.78. The number of likely N-dealkylation sites (tertiary alicyclic amines) is 1. The zero-order valence-corrected chi connectivity index (χ0v) is 15.6. The molecule has 0 aromatic rings. The molecule has 0 aromatic heterocycles. The van der Waals surface area contributed by atoms with Crippen molar-refractivity contribution < 1.29 is 19.1 Å². The zero-order chi connectivity index (χ0) is 17.0. The normalized spacial score (nSPS) is 22.7. The second-order valence-corrected chi connectivity index (χ2v) is 12.2. The lowest BCUT2D eigenvalue weighted by molar-refractivity contribution is 0.0641. The van der Waals surface area contributed by atoms with E-state index in [9.17, 15) is 9.90 Å². The Bertz CT molecular complexity index is 392. The minimum atomic E-state index is -1.85. The van der Waals surface area contributed by atoms with Crippen LogP contribution in [0, 0.1) is 0 Å². The molecular weight excluding hydrogens is 298 g/mol. The van der Waals surface area contributed by atoms with E-state index in [1.807, 2.05) is 0 Å². The summed E-state index contributed by atoms with van der Waals surface area (Å²) < 4.78 is 11.4. The number of rotatable bonds is 6. The van der Waals surface area contributed by atoms with Gasteiger partial charge in [-0.25, -0.2) is 4.79 Å². The summed E-state index contributed by atoms with van der Waals surface area (Å²) in [5.41, 5.74) is 0. The maximum Gasteiger partial charge on any atom is 0.410 e. The van der Waals surface area contributed by atoms with Crippen molar-refractivity contribution in [1.29, 1.82) is 0 Å². The summed E-state index contributed by atoms with van der Waals surface area (Å²) in [7, 11) is -1.85. The molecule has 1 amide bonds. The monoisotopic (exact) mass is 329 g/mol. The van der Waals surface area contributed by atoms with Gasteiger partial charge in [0.2, 0.25) is 0 Å². The van der Waals surface area contributed by atoms with Gasteiger partial charge in [0.25, 0.3) is 0 Å². The molecule has 1 N–H and O–H groups in total. The molecule has 0 spiro atoms. The largest absolute Gasteiger partial charge is 0.445 e. The molecule has 0 aromatic carbocycles. The predicted molar refractivity (Wildman–Crippen MR) is 90.4 cm³/mol. The highest BCUT2D eigenvalue weighted by molar-refractivity contribution is 6.74. The molecule has 0 aliphatic carbocycles. The molecule has 1 rings (SSSR count). The first-order valence-corrected chi connectivity index (χ1v) is 10.9. The molecule has 1 saturated heterocycles. The number of carbonyl (C=O) groups excluding carboxylic acids is 1. The lowest BCUT2D eigenvalue weighted by Crippen LogP contribution is -2.48. The van der Waals surface area contributed by atoms with Gasteiger partial charge in [0.1, 0.15) is 6.61 Å². The van der Waals surface area contributed by atoms with Crippen LogP contribution in [0.2, 0.25) is 18.1 Å². The fraction of sp³-hybridized carbons (Fsp3) is 0.812. The van der Waals surface area contributed by atoms with E-state index < -0.39 is 8.32 Å². The van der Waals surface area contributed by atoms with E-state index in [1.165, 1.54) is 0 Å². The number of hydrogen-bond donors (Lipinski definition) is 1. The summed E-state index contributed by atoms with van der Waals surface area (Å²) in [5.74, 6) is 0. The van der Waals surface area contributed by atoms with E-state index >= 15 is 0 Å². The van der Waals surface area contributed by atoms with Crippen molar-refractivity contribution >= 4 is 14.4 Å². The molecule has 1 fully saturated rings. The maximum atomic E-state index is 12.2. The zero-order valence-electron chi connectivity index (χ0n) is 14.6. The molecular formula is C16H31NO4Si. The van der Waals surface area contributed by atoms with Crippen LogP contribution in [0.15, 0.2) is 12.7 Å². The Morgan fingerprint density at radius 2 is 1.95 bits per heavy atom. The molecule has 2 unspecified atom stereocenters. The van der Waals surface area contributed by atoms with Gasteiger partial charge in [0, 0.05) is 0 Å². The van der Waals surface area contributed by atoms with E-state index in [2.05, 4.69) is 40.4 Å². The molecule has 6 heteroatoms. The molecule has 128 valence electrons. The molecule has 1 heterocycles.